The Kier molecular flexibility index (Phi) is 6.71. The molecule has 1 N–H and O–H groups in total. The Hall–Kier alpha value is -3.66. The number of carbonyl (C=O) groups is 2. The molecule has 3 aromatic rings. The largest absolute Gasteiger partial charge is 0.425 e. The van der Waals surface area contributed by atoms with Gasteiger partial charge in [0, 0.05) is 31.6 Å². The van der Waals surface area contributed by atoms with Crippen LogP contribution in [0.15, 0.2) is 59.9 Å². The van der Waals surface area contributed by atoms with Crippen molar-refractivity contribution >= 4 is 45.0 Å². The van der Waals surface area contributed by atoms with Crippen LogP contribution >= 0.6 is 23.2 Å². The van der Waals surface area contributed by atoms with Crippen molar-refractivity contribution in [1.29, 1.82) is 5.26 Å². The van der Waals surface area contributed by atoms with Gasteiger partial charge in [-0.3, -0.25) is 4.79 Å². The number of sulfone groups is 1. The Balaban J connectivity index is 1.29. The number of halogens is 2. The summed E-state index contributed by atoms with van der Waals surface area (Å²) in [5, 5.41) is 15.2. The summed E-state index contributed by atoms with van der Waals surface area (Å²) in [4.78, 5) is 32.1. The van der Waals surface area contributed by atoms with Gasteiger partial charge in [0.25, 0.3) is 0 Å². The van der Waals surface area contributed by atoms with Crippen LogP contribution in [0, 0.1) is 11.3 Å². The van der Waals surface area contributed by atoms with E-state index in [1.54, 1.807) is 41.3 Å². The number of likely N-dealkylation sites (tertiary alicyclic amines) is 1. The van der Waals surface area contributed by atoms with E-state index in [1.165, 1.54) is 23.2 Å². The summed E-state index contributed by atoms with van der Waals surface area (Å²) in [6.07, 6.45) is 4.65. The smallest absolute Gasteiger partial charge is 0.410 e. The number of nitrogens with zero attached hydrogens (tertiary/aromatic N) is 5. The SMILES string of the molecule is N#CC1(NC(=O)O[C@H]2C[C@@H](S(=O)(=O)c3ccc(-n4cccn4)cc3Cl)CN2C(=O)C2(c3ccc(Cl)nc3)CC2)CC1. The fraction of sp³-hybridized carbons (Fsp3) is 0.370. The van der Waals surface area contributed by atoms with Crippen molar-refractivity contribution in [2.24, 2.45) is 0 Å². The number of nitrogens with one attached hydrogen (secondary N) is 1. The summed E-state index contributed by atoms with van der Waals surface area (Å²) in [5.74, 6) is -0.362. The minimum absolute atomic E-state index is 0.00795. The molecule has 1 aromatic carbocycles. The van der Waals surface area contributed by atoms with Gasteiger partial charge in [-0.15, -0.1) is 0 Å². The maximum atomic E-state index is 14.0. The van der Waals surface area contributed by atoms with Gasteiger partial charge >= 0.3 is 6.09 Å². The molecule has 2 atom stereocenters. The third-order valence-electron chi connectivity index (χ3n) is 7.89. The molecular formula is C27H24Cl2N6O5S. The number of amides is 2. The molecule has 11 nitrogen and oxygen atoms in total. The van der Waals surface area contributed by atoms with E-state index in [0.717, 1.165) is 0 Å². The fourth-order valence-corrected chi connectivity index (χ4v) is 7.53. The Morgan fingerprint density at radius 2 is 1.93 bits per heavy atom. The highest BCUT2D eigenvalue weighted by atomic mass is 35.5. The van der Waals surface area contributed by atoms with Crippen LogP contribution < -0.4 is 5.32 Å². The fourth-order valence-electron chi connectivity index (χ4n) is 5.20. The van der Waals surface area contributed by atoms with Gasteiger partial charge in [0.1, 0.15) is 10.7 Å². The Labute approximate surface area is 245 Å². The van der Waals surface area contributed by atoms with E-state index < -0.39 is 38.4 Å². The number of rotatable bonds is 7. The van der Waals surface area contributed by atoms with Gasteiger partial charge < -0.3 is 15.0 Å². The van der Waals surface area contributed by atoms with Gasteiger partial charge in [0.05, 0.1) is 32.3 Å². The lowest BCUT2D eigenvalue weighted by molar-refractivity contribution is -0.140. The van der Waals surface area contributed by atoms with Crippen LogP contribution in [0.3, 0.4) is 0 Å². The van der Waals surface area contributed by atoms with Crippen molar-refractivity contribution in [3.8, 4) is 11.8 Å². The lowest BCUT2D eigenvalue weighted by Gasteiger charge is -2.29. The predicted octanol–water partition coefficient (Wildman–Crippen LogP) is 3.79. The highest BCUT2D eigenvalue weighted by Gasteiger charge is 2.57. The molecule has 2 amide bonds. The van der Waals surface area contributed by atoms with E-state index in [1.807, 2.05) is 0 Å². The number of hydrogen-bond acceptors (Lipinski definition) is 8. The molecule has 0 unspecified atom stereocenters. The van der Waals surface area contributed by atoms with Crippen LogP contribution in [-0.2, 0) is 24.8 Å². The molecule has 41 heavy (non-hydrogen) atoms. The van der Waals surface area contributed by atoms with E-state index in [0.29, 0.717) is 36.9 Å². The quantitative estimate of drug-likeness (QED) is 0.395. The molecule has 0 spiro atoms. The second-order valence-corrected chi connectivity index (χ2v) is 13.5. The van der Waals surface area contributed by atoms with Gasteiger partial charge in [-0.25, -0.2) is 22.9 Å². The second-order valence-electron chi connectivity index (χ2n) is 10.6. The molecule has 212 valence electrons. The first-order chi connectivity index (χ1) is 19.6. The summed E-state index contributed by atoms with van der Waals surface area (Å²) in [6, 6.07) is 11.6. The lowest BCUT2D eigenvalue weighted by Crippen LogP contribution is -2.47. The molecule has 2 aliphatic carbocycles. The van der Waals surface area contributed by atoms with Crippen molar-refractivity contribution in [3.63, 3.8) is 0 Å². The van der Waals surface area contributed by atoms with Crippen molar-refractivity contribution in [2.75, 3.05) is 6.54 Å². The molecule has 2 aromatic heterocycles. The topological polar surface area (TPSA) is 147 Å². The molecule has 2 saturated carbocycles. The number of nitriles is 1. The molecule has 3 heterocycles. The maximum absolute atomic E-state index is 14.0. The average molecular weight is 615 g/mol. The van der Waals surface area contributed by atoms with Crippen molar-refractivity contribution in [2.45, 2.75) is 59.4 Å². The lowest BCUT2D eigenvalue weighted by atomic mass is 9.96. The highest BCUT2D eigenvalue weighted by molar-refractivity contribution is 7.92. The van der Waals surface area contributed by atoms with E-state index >= 15 is 0 Å². The van der Waals surface area contributed by atoms with E-state index in [9.17, 15) is 23.3 Å². The molecule has 1 aliphatic heterocycles. The van der Waals surface area contributed by atoms with Crippen LogP contribution in [0.2, 0.25) is 10.2 Å². The minimum atomic E-state index is -4.06. The number of pyridine rings is 1. The Morgan fingerprint density at radius 3 is 2.51 bits per heavy atom. The van der Waals surface area contributed by atoms with Crippen LogP contribution in [0.25, 0.3) is 5.69 Å². The van der Waals surface area contributed by atoms with E-state index in [4.69, 9.17) is 27.9 Å². The van der Waals surface area contributed by atoms with Gasteiger partial charge in [-0.05, 0) is 61.6 Å². The monoisotopic (exact) mass is 614 g/mol. The zero-order valence-corrected chi connectivity index (χ0v) is 23.9. The summed E-state index contributed by atoms with van der Waals surface area (Å²) >= 11 is 12.4. The maximum Gasteiger partial charge on any atom is 0.410 e. The number of hydrogen-bond donors (Lipinski definition) is 1. The molecule has 14 heteroatoms. The van der Waals surface area contributed by atoms with Crippen molar-refractivity contribution < 1.29 is 22.7 Å². The zero-order valence-electron chi connectivity index (χ0n) is 21.5. The third kappa shape index (κ3) is 5.03. The summed E-state index contributed by atoms with van der Waals surface area (Å²) in [5.41, 5.74) is -0.673. The number of carbonyl (C=O) groups excluding carboxylic acids is 2. The molecule has 1 saturated heterocycles. The number of alkyl carbamates (subject to hydrolysis) is 1. The number of benzene rings is 1. The molecule has 3 aliphatic rings. The van der Waals surface area contributed by atoms with Gasteiger partial charge in [-0.2, -0.15) is 10.4 Å². The molecular weight excluding hydrogens is 591 g/mol. The average Bonchev–Trinajstić information content (AvgIpc) is 3.80. The Morgan fingerprint density at radius 1 is 1.15 bits per heavy atom. The first-order valence-electron chi connectivity index (χ1n) is 12.9. The van der Waals surface area contributed by atoms with Gasteiger partial charge in [0.15, 0.2) is 16.1 Å². The van der Waals surface area contributed by atoms with Crippen LogP contribution in [-0.4, -0.2) is 63.6 Å². The van der Waals surface area contributed by atoms with Crippen molar-refractivity contribution in [3.05, 3.63) is 70.7 Å². The van der Waals surface area contributed by atoms with Crippen LogP contribution in [0.5, 0.6) is 0 Å². The Bertz CT molecular complexity index is 1660. The van der Waals surface area contributed by atoms with Crippen LogP contribution in [0.1, 0.15) is 37.7 Å². The summed E-state index contributed by atoms with van der Waals surface area (Å²) < 4.78 is 34.9. The van der Waals surface area contributed by atoms with E-state index in [2.05, 4.69) is 21.5 Å². The first kappa shape index (κ1) is 27.5. The number of aromatic nitrogens is 3. The molecule has 3 fully saturated rings. The summed E-state index contributed by atoms with van der Waals surface area (Å²) in [6.45, 7) is -0.206. The number of ether oxygens (including phenoxy) is 1. The predicted molar refractivity (Wildman–Crippen MR) is 147 cm³/mol. The van der Waals surface area contributed by atoms with Gasteiger partial charge in [-0.1, -0.05) is 29.3 Å². The van der Waals surface area contributed by atoms with Crippen LogP contribution in [0.4, 0.5) is 4.79 Å². The van der Waals surface area contributed by atoms with E-state index in [-0.39, 0.29) is 33.9 Å². The zero-order chi connectivity index (χ0) is 29.0. The second kappa shape index (κ2) is 10.0. The molecule has 6 rings (SSSR count). The third-order valence-corrected chi connectivity index (χ3v) is 10.7. The highest BCUT2D eigenvalue weighted by Crippen LogP contribution is 2.51. The minimum Gasteiger partial charge on any atom is -0.425 e. The normalized spacial score (nSPS) is 22.0. The summed E-state index contributed by atoms with van der Waals surface area (Å²) in [7, 11) is -4.06. The van der Waals surface area contributed by atoms with Gasteiger partial charge in [0.2, 0.25) is 5.91 Å². The standard InChI is InChI=1S/C27H24Cl2N6O5S/c28-20-12-18(35-11-1-10-32-35)3-4-21(20)41(38,39)19-13-23(40-25(37)33-26(16-30)6-7-26)34(15-19)24(36)27(8-9-27)17-2-5-22(29)31-14-17/h1-5,10-12,14,19,23H,6-9,13,15H2,(H,33,37)/t19-,23+/m1/s1. The molecule has 0 radical (unpaired) electrons. The molecule has 0 bridgehead atoms. The first-order valence-corrected chi connectivity index (χ1v) is 15.2. The van der Waals surface area contributed by atoms with Crippen molar-refractivity contribution in [1.82, 2.24) is 25.0 Å².